The molecule has 0 saturated heterocycles. The Morgan fingerprint density at radius 2 is 2.05 bits per heavy atom. The Bertz CT molecular complexity index is 578. The van der Waals surface area contributed by atoms with Gasteiger partial charge in [0, 0.05) is 23.9 Å². The van der Waals surface area contributed by atoms with E-state index in [1.165, 1.54) is 11.3 Å². The molecule has 0 aromatic carbocycles. The Morgan fingerprint density at radius 1 is 1.21 bits per heavy atom. The van der Waals surface area contributed by atoms with E-state index in [0.717, 1.165) is 4.88 Å². The minimum atomic E-state index is -0.194. The molecule has 2 rings (SSSR count). The number of Topliss-reactive ketones (excluding diaryl/α,β-unsaturated/α-hetero) is 1. The number of anilines is 1. The summed E-state index contributed by atoms with van der Waals surface area (Å²) < 4.78 is 0. The summed E-state index contributed by atoms with van der Waals surface area (Å²) in [5.41, 5.74) is 0. The maximum Gasteiger partial charge on any atom is 0.225 e. The normalized spacial score (nSPS) is 10.2. The van der Waals surface area contributed by atoms with E-state index >= 15 is 0 Å². The van der Waals surface area contributed by atoms with Crippen molar-refractivity contribution in [2.24, 2.45) is 0 Å². The van der Waals surface area contributed by atoms with Crippen LogP contribution in [0.4, 0.5) is 5.82 Å². The van der Waals surface area contributed by atoms with Crippen LogP contribution in [0.15, 0.2) is 36.5 Å². The van der Waals surface area contributed by atoms with Gasteiger partial charge in [0.1, 0.15) is 5.82 Å². The molecule has 0 aliphatic carbocycles. The first-order valence-electron chi connectivity index (χ1n) is 5.95. The summed E-state index contributed by atoms with van der Waals surface area (Å²) in [7, 11) is 0. The summed E-state index contributed by atoms with van der Waals surface area (Å²) in [5.74, 6) is 0.321. The van der Waals surface area contributed by atoms with E-state index in [-0.39, 0.29) is 24.5 Å². The number of carbonyl (C=O) groups excluding carboxylic acids is 2. The molecule has 0 radical (unpaired) electrons. The van der Waals surface area contributed by atoms with E-state index in [1.54, 1.807) is 30.5 Å². The monoisotopic (exact) mass is 274 g/mol. The molecule has 0 spiro atoms. The van der Waals surface area contributed by atoms with Crippen LogP contribution in [0.25, 0.3) is 0 Å². The van der Waals surface area contributed by atoms with Crippen molar-refractivity contribution in [3.8, 4) is 0 Å². The summed E-state index contributed by atoms with van der Waals surface area (Å²) in [6.45, 7) is 1.95. The molecule has 5 heteroatoms. The standard InChI is InChI=1S/C14H14N2O2S/c1-10-5-7-12(19-10)11(17)6-8-14(18)16-13-4-2-3-9-15-13/h2-5,7,9H,6,8H2,1H3,(H,15,16,18). The van der Waals surface area contributed by atoms with Crippen LogP contribution in [0, 0.1) is 6.92 Å². The Balaban J connectivity index is 1.82. The maximum atomic E-state index is 11.8. The molecule has 98 valence electrons. The van der Waals surface area contributed by atoms with Gasteiger partial charge in [-0.05, 0) is 31.2 Å². The SMILES string of the molecule is Cc1ccc(C(=O)CCC(=O)Nc2ccccn2)s1. The van der Waals surface area contributed by atoms with Crippen molar-refractivity contribution in [1.29, 1.82) is 0 Å². The molecule has 0 unspecified atom stereocenters. The molecular formula is C14H14N2O2S. The van der Waals surface area contributed by atoms with Gasteiger partial charge in [-0.1, -0.05) is 6.07 Å². The predicted molar refractivity (Wildman–Crippen MR) is 75.5 cm³/mol. The number of amides is 1. The number of carbonyl (C=O) groups is 2. The van der Waals surface area contributed by atoms with Crippen molar-refractivity contribution >= 4 is 28.8 Å². The minimum absolute atomic E-state index is 0.00858. The average Bonchev–Trinajstić information content (AvgIpc) is 2.84. The fraction of sp³-hybridized carbons (Fsp3) is 0.214. The summed E-state index contributed by atoms with van der Waals surface area (Å²) in [5, 5.41) is 2.66. The van der Waals surface area contributed by atoms with Gasteiger partial charge in [-0.2, -0.15) is 0 Å². The molecule has 4 nitrogen and oxygen atoms in total. The molecule has 0 aliphatic heterocycles. The van der Waals surface area contributed by atoms with E-state index in [4.69, 9.17) is 0 Å². The Morgan fingerprint density at radius 3 is 2.68 bits per heavy atom. The molecule has 0 atom stereocenters. The first-order valence-corrected chi connectivity index (χ1v) is 6.77. The van der Waals surface area contributed by atoms with Crippen molar-refractivity contribution in [2.75, 3.05) is 5.32 Å². The van der Waals surface area contributed by atoms with Gasteiger partial charge in [0.2, 0.25) is 5.91 Å². The fourth-order valence-electron chi connectivity index (χ4n) is 1.58. The van der Waals surface area contributed by atoms with E-state index in [2.05, 4.69) is 10.3 Å². The quantitative estimate of drug-likeness (QED) is 0.852. The van der Waals surface area contributed by atoms with E-state index in [0.29, 0.717) is 10.7 Å². The highest BCUT2D eigenvalue weighted by Crippen LogP contribution is 2.17. The maximum absolute atomic E-state index is 11.8. The molecule has 1 N–H and O–H groups in total. The van der Waals surface area contributed by atoms with Gasteiger partial charge in [-0.3, -0.25) is 9.59 Å². The third-order valence-corrected chi connectivity index (χ3v) is 3.57. The summed E-state index contributed by atoms with van der Waals surface area (Å²) in [4.78, 5) is 29.3. The second-order valence-corrected chi connectivity index (χ2v) is 5.38. The highest BCUT2D eigenvalue weighted by molar-refractivity contribution is 7.14. The first kappa shape index (κ1) is 13.4. The number of hydrogen-bond donors (Lipinski definition) is 1. The Kier molecular flexibility index (Phi) is 4.41. The molecule has 1 amide bonds. The zero-order chi connectivity index (χ0) is 13.7. The lowest BCUT2D eigenvalue weighted by atomic mass is 10.2. The van der Waals surface area contributed by atoms with Crippen LogP contribution in [0.1, 0.15) is 27.4 Å². The molecule has 0 bridgehead atoms. The van der Waals surface area contributed by atoms with Gasteiger partial charge < -0.3 is 5.32 Å². The highest BCUT2D eigenvalue weighted by atomic mass is 32.1. The number of thiophene rings is 1. The molecule has 0 fully saturated rings. The fourth-order valence-corrected chi connectivity index (χ4v) is 2.41. The van der Waals surface area contributed by atoms with Crippen LogP contribution in [-0.2, 0) is 4.79 Å². The van der Waals surface area contributed by atoms with Gasteiger partial charge in [-0.25, -0.2) is 4.98 Å². The van der Waals surface area contributed by atoms with E-state index in [9.17, 15) is 9.59 Å². The number of hydrogen-bond acceptors (Lipinski definition) is 4. The van der Waals surface area contributed by atoms with Crippen molar-refractivity contribution in [3.63, 3.8) is 0 Å². The zero-order valence-electron chi connectivity index (χ0n) is 10.6. The van der Waals surface area contributed by atoms with E-state index < -0.39 is 0 Å². The molecule has 0 saturated carbocycles. The van der Waals surface area contributed by atoms with Crippen LogP contribution >= 0.6 is 11.3 Å². The van der Waals surface area contributed by atoms with Crippen molar-refractivity contribution < 1.29 is 9.59 Å². The molecule has 2 aromatic heterocycles. The number of nitrogens with zero attached hydrogens (tertiary/aromatic N) is 1. The lowest BCUT2D eigenvalue weighted by molar-refractivity contribution is -0.116. The molecule has 0 aliphatic rings. The van der Waals surface area contributed by atoms with Crippen LogP contribution < -0.4 is 5.32 Å². The van der Waals surface area contributed by atoms with Gasteiger partial charge in [0.25, 0.3) is 0 Å². The summed E-state index contributed by atoms with van der Waals surface area (Å²) >= 11 is 1.46. The zero-order valence-corrected chi connectivity index (χ0v) is 11.4. The van der Waals surface area contributed by atoms with E-state index in [1.807, 2.05) is 13.0 Å². The predicted octanol–water partition coefficient (Wildman–Crippen LogP) is 3.05. The second-order valence-electron chi connectivity index (χ2n) is 4.10. The third kappa shape index (κ3) is 3.99. The van der Waals surface area contributed by atoms with Crippen molar-refractivity contribution in [3.05, 3.63) is 46.3 Å². The van der Waals surface area contributed by atoms with Gasteiger partial charge in [0.05, 0.1) is 4.88 Å². The van der Waals surface area contributed by atoms with Gasteiger partial charge in [-0.15, -0.1) is 11.3 Å². The third-order valence-electron chi connectivity index (χ3n) is 2.53. The van der Waals surface area contributed by atoms with Crippen LogP contribution in [-0.4, -0.2) is 16.7 Å². The lowest BCUT2D eigenvalue weighted by Crippen LogP contribution is -2.13. The number of aryl methyl sites for hydroxylation is 1. The minimum Gasteiger partial charge on any atom is -0.311 e. The smallest absolute Gasteiger partial charge is 0.225 e. The van der Waals surface area contributed by atoms with Gasteiger partial charge in [0.15, 0.2) is 5.78 Å². The van der Waals surface area contributed by atoms with Crippen LogP contribution in [0.2, 0.25) is 0 Å². The summed E-state index contributed by atoms with van der Waals surface area (Å²) in [6.07, 6.45) is 2.00. The largest absolute Gasteiger partial charge is 0.311 e. The number of rotatable bonds is 5. The molecule has 2 heterocycles. The second kappa shape index (κ2) is 6.24. The highest BCUT2D eigenvalue weighted by Gasteiger charge is 2.11. The molecule has 2 aromatic rings. The first-order chi connectivity index (χ1) is 9.15. The van der Waals surface area contributed by atoms with Crippen LogP contribution in [0.3, 0.4) is 0 Å². The number of pyridine rings is 1. The molecule has 19 heavy (non-hydrogen) atoms. The topological polar surface area (TPSA) is 59.1 Å². The number of aromatic nitrogens is 1. The molecular weight excluding hydrogens is 260 g/mol. The van der Waals surface area contributed by atoms with Crippen LogP contribution in [0.5, 0.6) is 0 Å². The number of ketones is 1. The number of nitrogens with one attached hydrogen (secondary N) is 1. The average molecular weight is 274 g/mol. The van der Waals surface area contributed by atoms with Gasteiger partial charge >= 0.3 is 0 Å². The van der Waals surface area contributed by atoms with Crippen molar-refractivity contribution in [2.45, 2.75) is 19.8 Å². The van der Waals surface area contributed by atoms with Crippen molar-refractivity contribution in [1.82, 2.24) is 4.98 Å². The Hall–Kier alpha value is -2.01. The Labute approximate surface area is 115 Å². The summed E-state index contributed by atoms with van der Waals surface area (Å²) in [6, 6.07) is 8.99. The lowest BCUT2D eigenvalue weighted by Gasteiger charge is -2.02.